The maximum absolute atomic E-state index is 12.8. The summed E-state index contributed by atoms with van der Waals surface area (Å²) in [6.45, 7) is 11.9. The van der Waals surface area contributed by atoms with E-state index in [2.05, 4.69) is 34.6 Å². The molecule has 0 bridgehead atoms. The highest BCUT2D eigenvalue weighted by atomic mass is 16.4. The van der Waals surface area contributed by atoms with Gasteiger partial charge in [0.05, 0.1) is 18.1 Å². The van der Waals surface area contributed by atoms with Gasteiger partial charge in [0.25, 0.3) is 0 Å². The molecule has 5 heteroatoms. The Bertz CT molecular complexity index is 884. The summed E-state index contributed by atoms with van der Waals surface area (Å²) in [5, 5.41) is 31.4. The molecule has 5 rings (SSSR count). The number of aliphatic hydroxyl groups excluding tert-OH is 2. The molecule has 5 nitrogen and oxygen atoms in total. The molecule has 5 saturated carbocycles. The molecule has 5 aliphatic rings. The quantitative estimate of drug-likeness (QED) is 0.466. The van der Waals surface area contributed by atoms with Crippen LogP contribution >= 0.6 is 0 Å². The monoisotopic (exact) mass is 488 g/mol. The van der Waals surface area contributed by atoms with Crippen molar-refractivity contribution in [2.45, 2.75) is 105 Å². The first-order chi connectivity index (χ1) is 16.3. The normalized spacial score (nSPS) is 53.5. The second kappa shape index (κ2) is 8.03. The number of aliphatic hydroxyl groups is 2. The summed E-state index contributed by atoms with van der Waals surface area (Å²) in [5.74, 6) is 0.148. The molecule has 0 aliphatic heterocycles. The lowest BCUT2D eigenvalue weighted by Gasteiger charge is -2.72. The molecular weight excluding hydrogens is 440 g/mol. The third-order valence-corrected chi connectivity index (χ3v) is 13.8. The molecule has 35 heavy (non-hydrogen) atoms. The molecule has 5 fully saturated rings. The Morgan fingerprint density at radius 3 is 2.23 bits per heavy atom. The van der Waals surface area contributed by atoms with Gasteiger partial charge in [0.2, 0.25) is 0 Å². The summed E-state index contributed by atoms with van der Waals surface area (Å²) >= 11 is 0. The molecule has 0 radical (unpaired) electrons. The SMILES string of the molecule is CC1(C)C2CC[C@]3(C)C(CCC4C5[C@H](C(C=O)CO)CC[C@]5(C(=O)O)CC[C@]43C)[C@@]2(C)CC[C@H]1O. The first-order valence-electron chi connectivity index (χ1n) is 14.3. The van der Waals surface area contributed by atoms with E-state index in [1.54, 1.807) is 0 Å². The van der Waals surface area contributed by atoms with Crippen molar-refractivity contribution < 1.29 is 24.9 Å². The maximum Gasteiger partial charge on any atom is 0.309 e. The summed E-state index contributed by atoms with van der Waals surface area (Å²) in [7, 11) is 0. The molecule has 198 valence electrons. The lowest BCUT2D eigenvalue weighted by molar-refractivity contribution is -0.249. The number of fused-ring (bicyclic) bond motifs is 7. The van der Waals surface area contributed by atoms with Gasteiger partial charge in [-0.15, -0.1) is 0 Å². The first-order valence-corrected chi connectivity index (χ1v) is 14.3. The van der Waals surface area contributed by atoms with Gasteiger partial charge in [-0.25, -0.2) is 0 Å². The van der Waals surface area contributed by atoms with Crippen molar-refractivity contribution >= 4 is 12.3 Å². The fourth-order valence-electron chi connectivity index (χ4n) is 11.8. The highest BCUT2D eigenvalue weighted by Crippen LogP contribution is 2.77. The standard InChI is InChI=1S/C30H48O5/c1-26(2)21-9-12-29(5)22(27(21,3)11-10-23(26)33)7-6-20-24-19(18(16-31)17-32)8-13-30(24,25(34)35)15-14-28(20,29)4/h16,18-24,32-33H,6-15,17H2,1-5H3,(H,34,35)/t18?,19-,20?,21?,22?,23+,24?,27-,28+,29+,30-/m0/s1. The van der Waals surface area contributed by atoms with Crippen molar-refractivity contribution in [3.63, 3.8) is 0 Å². The van der Waals surface area contributed by atoms with Gasteiger partial charge in [-0.05, 0) is 115 Å². The van der Waals surface area contributed by atoms with Crippen LogP contribution in [0.5, 0.6) is 0 Å². The number of carbonyl (C=O) groups excluding carboxylic acids is 1. The third kappa shape index (κ3) is 3.06. The van der Waals surface area contributed by atoms with Crippen molar-refractivity contribution in [1.29, 1.82) is 0 Å². The first kappa shape index (κ1) is 25.7. The Hall–Kier alpha value is -0.940. The predicted molar refractivity (Wildman–Crippen MR) is 134 cm³/mol. The zero-order chi connectivity index (χ0) is 25.6. The number of aldehydes is 1. The van der Waals surface area contributed by atoms with Crippen molar-refractivity contribution in [3.05, 3.63) is 0 Å². The number of carboxylic acid groups (broad SMARTS) is 1. The topological polar surface area (TPSA) is 94.8 Å². The van der Waals surface area contributed by atoms with Gasteiger partial charge in [-0.1, -0.05) is 34.6 Å². The minimum absolute atomic E-state index is 0.0270. The highest BCUT2D eigenvalue weighted by Gasteiger charge is 2.72. The minimum atomic E-state index is -0.744. The Kier molecular flexibility index (Phi) is 5.89. The van der Waals surface area contributed by atoms with Crippen LogP contribution in [0.25, 0.3) is 0 Å². The highest BCUT2D eigenvalue weighted by molar-refractivity contribution is 5.76. The van der Waals surface area contributed by atoms with Gasteiger partial charge < -0.3 is 20.1 Å². The van der Waals surface area contributed by atoms with Crippen LogP contribution in [0.1, 0.15) is 98.8 Å². The van der Waals surface area contributed by atoms with Crippen LogP contribution in [0.3, 0.4) is 0 Å². The van der Waals surface area contributed by atoms with Crippen molar-refractivity contribution in [3.8, 4) is 0 Å². The molecule has 0 aromatic rings. The Balaban J connectivity index is 1.56. The van der Waals surface area contributed by atoms with Gasteiger partial charge >= 0.3 is 5.97 Å². The number of carboxylic acids is 1. The molecule has 11 atom stereocenters. The van der Waals surface area contributed by atoms with E-state index in [9.17, 15) is 24.9 Å². The van der Waals surface area contributed by atoms with E-state index in [0.717, 1.165) is 57.7 Å². The summed E-state index contributed by atoms with van der Waals surface area (Å²) < 4.78 is 0. The van der Waals surface area contributed by atoms with Crippen molar-refractivity contribution in [2.24, 2.45) is 62.6 Å². The van der Waals surface area contributed by atoms with Crippen LogP contribution < -0.4 is 0 Å². The van der Waals surface area contributed by atoms with Crippen LogP contribution in [-0.4, -0.2) is 40.3 Å². The minimum Gasteiger partial charge on any atom is -0.481 e. The van der Waals surface area contributed by atoms with Crippen LogP contribution in [0.4, 0.5) is 0 Å². The molecular formula is C30H48O5. The zero-order valence-corrected chi connectivity index (χ0v) is 22.6. The summed E-state index contributed by atoms with van der Waals surface area (Å²) in [5.41, 5.74) is -0.485. The number of carbonyl (C=O) groups is 2. The number of hydrogen-bond donors (Lipinski definition) is 3. The van der Waals surface area contributed by atoms with Crippen LogP contribution in [0.2, 0.25) is 0 Å². The van der Waals surface area contributed by atoms with Crippen molar-refractivity contribution in [2.75, 3.05) is 6.61 Å². The van der Waals surface area contributed by atoms with Crippen LogP contribution in [0.15, 0.2) is 0 Å². The maximum atomic E-state index is 12.8. The van der Waals surface area contributed by atoms with Gasteiger partial charge in [0.1, 0.15) is 6.29 Å². The predicted octanol–water partition coefficient (Wildman–Crippen LogP) is 5.32. The average molecular weight is 489 g/mol. The average Bonchev–Trinajstić information content (AvgIpc) is 3.19. The molecule has 5 aliphatic carbocycles. The van der Waals surface area contributed by atoms with Gasteiger partial charge in [-0.2, -0.15) is 0 Å². The molecule has 0 heterocycles. The van der Waals surface area contributed by atoms with E-state index < -0.39 is 17.3 Å². The second-order valence-electron chi connectivity index (χ2n) is 14.7. The fraction of sp³-hybridized carbons (Fsp3) is 0.933. The van der Waals surface area contributed by atoms with E-state index in [1.807, 2.05) is 0 Å². The molecule has 0 saturated heterocycles. The Labute approximate surface area is 211 Å². The molecule has 0 spiro atoms. The number of hydrogen-bond acceptors (Lipinski definition) is 4. The summed E-state index contributed by atoms with van der Waals surface area (Å²) in [6, 6.07) is 0. The molecule has 0 aromatic heterocycles. The molecule has 5 unspecified atom stereocenters. The van der Waals surface area contributed by atoms with E-state index in [0.29, 0.717) is 24.7 Å². The summed E-state index contributed by atoms with van der Waals surface area (Å²) in [4.78, 5) is 24.8. The third-order valence-electron chi connectivity index (χ3n) is 13.8. The van der Waals surface area contributed by atoms with E-state index >= 15 is 0 Å². The van der Waals surface area contributed by atoms with Crippen LogP contribution in [0, 0.1) is 62.6 Å². The van der Waals surface area contributed by atoms with Gasteiger partial charge in [0.15, 0.2) is 0 Å². The lowest BCUT2D eigenvalue weighted by atomic mass is 9.32. The lowest BCUT2D eigenvalue weighted by Crippen LogP contribution is -2.67. The van der Waals surface area contributed by atoms with Gasteiger partial charge in [-0.3, -0.25) is 4.79 Å². The zero-order valence-electron chi connectivity index (χ0n) is 22.6. The fourth-order valence-corrected chi connectivity index (χ4v) is 11.8. The molecule has 0 aromatic carbocycles. The Morgan fingerprint density at radius 1 is 0.886 bits per heavy atom. The summed E-state index contributed by atoms with van der Waals surface area (Å²) in [6.07, 6.45) is 10.0. The number of aliphatic carboxylic acids is 1. The van der Waals surface area contributed by atoms with E-state index in [4.69, 9.17) is 0 Å². The molecule has 0 amide bonds. The smallest absolute Gasteiger partial charge is 0.309 e. The second-order valence-corrected chi connectivity index (χ2v) is 14.7. The van der Waals surface area contributed by atoms with Crippen LogP contribution in [-0.2, 0) is 9.59 Å². The molecule has 3 N–H and O–H groups in total. The number of rotatable bonds is 4. The Morgan fingerprint density at radius 2 is 1.60 bits per heavy atom. The van der Waals surface area contributed by atoms with E-state index in [-0.39, 0.29) is 52.1 Å². The van der Waals surface area contributed by atoms with Gasteiger partial charge in [0, 0.05) is 5.92 Å². The largest absolute Gasteiger partial charge is 0.481 e. The van der Waals surface area contributed by atoms with E-state index in [1.165, 1.54) is 0 Å². The van der Waals surface area contributed by atoms with Crippen molar-refractivity contribution in [1.82, 2.24) is 0 Å².